The van der Waals surface area contributed by atoms with Crippen molar-refractivity contribution in [1.82, 2.24) is 29.7 Å². The largest absolute Gasteiger partial charge is 0.380 e. The molecule has 0 amide bonds. The van der Waals surface area contributed by atoms with Gasteiger partial charge in [0.05, 0.1) is 13.2 Å². The van der Waals surface area contributed by atoms with E-state index < -0.39 is 10.3 Å². The molecule has 0 aromatic carbocycles. The minimum Gasteiger partial charge on any atom is -0.380 e. The summed E-state index contributed by atoms with van der Waals surface area (Å²) in [6.07, 6.45) is 7.43. The highest BCUT2D eigenvalue weighted by Gasteiger charge is 2.30. The first-order chi connectivity index (χ1) is 14.6. The van der Waals surface area contributed by atoms with E-state index in [0.29, 0.717) is 49.2 Å². The van der Waals surface area contributed by atoms with Crippen molar-refractivity contribution in [3.05, 3.63) is 29.6 Å². The minimum absolute atomic E-state index is 0.0344. The third-order valence-corrected chi connectivity index (χ3v) is 8.90. The minimum atomic E-state index is -1.33. The lowest BCUT2D eigenvalue weighted by atomic mass is 10.3. The Kier molecular flexibility index (Phi) is 7.35. The summed E-state index contributed by atoms with van der Waals surface area (Å²) in [5.74, 6) is 1.12. The zero-order valence-corrected chi connectivity index (χ0v) is 20.4. The Morgan fingerprint density at radius 3 is 2.65 bits per heavy atom. The van der Waals surface area contributed by atoms with Gasteiger partial charge < -0.3 is 14.2 Å². The van der Waals surface area contributed by atoms with Gasteiger partial charge in [-0.3, -0.25) is 4.68 Å². The van der Waals surface area contributed by atoms with Crippen molar-refractivity contribution >= 4 is 44.6 Å². The van der Waals surface area contributed by atoms with Crippen molar-refractivity contribution in [3.8, 4) is 0 Å². The first-order valence-electron chi connectivity index (χ1n) is 10.0. The van der Waals surface area contributed by atoms with E-state index in [1.807, 2.05) is 11.6 Å². The SMILES string of the molecule is CCOCCn1nc(COS(C)(C)C(C)(C)C)c2nc(Cl)nc(Nc3ccncn3)c21. The highest BCUT2D eigenvalue weighted by Crippen LogP contribution is 2.54. The second-order valence-electron chi connectivity index (χ2n) is 8.23. The van der Waals surface area contributed by atoms with Crippen molar-refractivity contribution in [1.29, 1.82) is 0 Å². The maximum atomic E-state index is 6.36. The molecule has 0 atom stereocenters. The predicted octanol–water partition coefficient (Wildman–Crippen LogP) is 4.34. The summed E-state index contributed by atoms with van der Waals surface area (Å²) in [6.45, 7) is 10.5. The molecule has 0 radical (unpaired) electrons. The number of ether oxygens (including phenoxy) is 1. The van der Waals surface area contributed by atoms with Gasteiger partial charge in [-0.25, -0.2) is 15.0 Å². The second kappa shape index (κ2) is 9.64. The first-order valence-corrected chi connectivity index (χ1v) is 12.8. The van der Waals surface area contributed by atoms with Crippen LogP contribution in [-0.2, 0) is 22.1 Å². The molecule has 1 N–H and O–H groups in total. The number of nitrogens with one attached hydrogen (secondary N) is 1. The average molecular weight is 468 g/mol. The Labute approximate surface area is 189 Å². The molecular weight excluding hydrogens is 438 g/mol. The fourth-order valence-electron chi connectivity index (χ4n) is 2.62. The molecule has 11 heteroatoms. The van der Waals surface area contributed by atoms with Gasteiger partial charge in [-0.2, -0.15) is 10.1 Å². The maximum absolute atomic E-state index is 6.36. The van der Waals surface area contributed by atoms with Gasteiger partial charge in [0.15, 0.2) is 5.82 Å². The molecule has 0 saturated carbocycles. The monoisotopic (exact) mass is 467 g/mol. The number of nitrogens with zero attached hydrogens (tertiary/aromatic N) is 6. The number of anilines is 2. The van der Waals surface area contributed by atoms with Gasteiger partial charge in [0.1, 0.15) is 35.5 Å². The highest BCUT2D eigenvalue weighted by atomic mass is 35.5. The predicted molar refractivity (Wildman–Crippen MR) is 126 cm³/mol. The lowest BCUT2D eigenvalue weighted by Crippen LogP contribution is -2.25. The molecule has 0 saturated heterocycles. The number of aromatic nitrogens is 6. The Morgan fingerprint density at radius 2 is 2.00 bits per heavy atom. The quantitative estimate of drug-likeness (QED) is 0.366. The summed E-state index contributed by atoms with van der Waals surface area (Å²) in [6, 6.07) is 1.75. The van der Waals surface area contributed by atoms with E-state index in [4.69, 9.17) is 25.6 Å². The van der Waals surface area contributed by atoms with Gasteiger partial charge in [-0.1, -0.05) is 20.8 Å². The van der Waals surface area contributed by atoms with Crippen LogP contribution in [0.5, 0.6) is 0 Å². The summed E-state index contributed by atoms with van der Waals surface area (Å²) in [5.41, 5.74) is 2.09. The molecule has 0 bridgehead atoms. The third kappa shape index (κ3) is 5.62. The number of fused-ring (bicyclic) bond motifs is 1. The fourth-order valence-corrected chi connectivity index (χ4v) is 3.55. The normalized spacial score (nSPS) is 13.0. The van der Waals surface area contributed by atoms with E-state index in [1.165, 1.54) is 6.33 Å². The summed E-state index contributed by atoms with van der Waals surface area (Å²) < 4.78 is 13.8. The Hall–Kier alpha value is -2.01. The van der Waals surface area contributed by atoms with Crippen molar-refractivity contribution < 1.29 is 8.92 Å². The van der Waals surface area contributed by atoms with Crippen LogP contribution >= 0.6 is 21.9 Å². The van der Waals surface area contributed by atoms with Crippen LogP contribution in [0.3, 0.4) is 0 Å². The molecule has 0 aliphatic rings. The molecule has 3 heterocycles. The van der Waals surface area contributed by atoms with Gasteiger partial charge in [0, 0.05) is 17.6 Å². The van der Waals surface area contributed by atoms with Crippen LogP contribution in [0.4, 0.5) is 11.6 Å². The zero-order valence-electron chi connectivity index (χ0n) is 18.8. The molecule has 0 aliphatic carbocycles. The van der Waals surface area contributed by atoms with Crippen molar-refractivity contribution in [2.24, 2.45) is 0 Å². The Morgan fingerprint density at radius 1 is 1.23 bits per heavy atom. The van der Waals surface area contributed by atoms with E-state index in [9.17, 15) is 0 Å². The molecule has 3 rings (SSSR count). The van der Waals surface area contributed by atoms with E-state index in [-0.39, 0.29) is 10.0 Å². The average Bonchev–Trinajstić information content (AvgIpc) is 3.04. The third-order valence-electron chi connectivity index (χ3n) is 5.07. The molecule has 0 aliphatic heterocycles. The Balaban J connectivity index is 2.02. The fraction of sp³-hybridized carbons (Fsp3) is 0.550. The zero-order chi connectivity index (χ0) is 22.6. The number of hydrogen-bond donors (Lipinski definition) is 1. The van der Waals surface area contributed by atoms with Gasteiger partial charge in [0.2, 0.25) is 5.28 Å². The molecule has 9 nitrogen and oxygen atoms in total. The molecule has 0 spiro atoms. The van der Waals surface area contributed by atoms with E-state index in [1.54, 1.807) is 12.3 Å². The van der Waals surface area contributed by atoms with Gasteiger partial charge in [-0.15, -0.1) is 10.3 Å². The molecule has 170 valence electrons. The highest BCUT2D eigenvalue weighted by molar-refractivity contribution is 8.29. The van der Waals surface area contributed by atoms with Crippen LogP contribution in [0.25, 0.3) is 11.0 Å². The number of hydrogen-bond acceptors (Lipinski definition) is 8. The standard InChI is InChI=1S/C20H30ClN7O2S/c1-7-29-11-10-28-17-16(14(27-28)12-30-31(5,6)20(2,3)4)25-19(21)26-18(17)24-15-8-9-22-13-23-15/h8-9,13H,7,10-12H2,1-6H3,(H,22,23,24,25,26). The summed E-state index contributed by atoms with van der Waals surface area (Å²) in [4.78, 5) is 17.0. The summed E-state index contributed by atoms with van der Waals surface area (Å²) in [7, 11) is -1.33. The molecule has 31 heavy (non-hydrogen) atoms. The smallest absolute Gasteiger partial charge is 0.225 e. The van der Waals surface area contributed by atoms with Crippen molar-refractivity contribution in [2.45, 2.75) is 45.6 Å². The lowest BCUT2D eigenvalue weighted by molar-refractivity contribution is 0.137. The maximum Gasteiger partial charge on any atom is 0.225 e. The summed E-state index contributed by atoms with van der Waals surface area (Å²) >= 11 is 6.27. The molecule has 3 aromatic rings. The van der Waals surface area contributed by atoms with Crippen LogP contribution in [0.15, 0.2) is 18.6 Å². The number of rotatable bonds is 9. The van der Waals surface area contributed by atoms with Crippen LogP contribution in [0, 0.1) is 0 Å². The van der Waals surface area contributed by atoms with E-state index in [0.717, 1.165) is 5.52 Å². The second-order valence-corrected chi connectivity index (χ2v) is 12.5. The van der Waals surface area contributed by atoms with Crippen molar-refractivity contribution in [2.75, 3.05) is 31.0 Å². The van der Waals surface area contributed by atoms with Gasteiger partial charge in [-0.05, 0) is 37.1 Å². The van der Waals surface area contributed by atoms with E-state index in [2.05, 4.69) is 58.5 Å². The summed E-state index contributed by atoms with van der Waals surface area (Å²) in [5, 5.41) is 8.11. The molecule has 3 aromatic heterocycles. The first kappa shape index (κ1) is 23.6. The van der Waals surface area contributed by atoms with Crippen LogP contribution in [-0.4, -0.2) is 60.2 Å². The topological polar surface area (TPSA) is 99.9 Å². The molecular formula is C20H30ClN7O2S. The molecule has 0 fully saturated rings. The van der Waals surface area contributed by atoms with Crippen LogP contribution in [0.2, 0.25) is 5.28 Å². The van der Waals surface area contributed by atoms with Crippen LogP contribution < -0.4 is 5.32 Å². The van der Waals surface area contributed by atoms with Crippen molar-refractivity contribution in [3.63, 3.8) is 0 Å². The number of halogens is 1. The van der Waals surface area contributed by atoms with Gasteiger partial charge in [0.25, 0.3) is 0 Å². The molecule has 0 unspecified atom stereocenters. The van der Waals surface area contributed by atoms with Gasteiger partial charge >= 0.3 is 0 Å². The Bertz CT molecular complexity index is 1020. The lowest BCUT2D eigenvalue weighted by Gasteiger charge is -2.43. The van der Waals surface area contributed by atoms with E-state index >= 15 is 0 Å². The van der Waals surface area contributed by atoms with Crippen LogP contribution in [0.1, 0.15) is 33.4 Å².